The van der Waals surface area contributed by atoms with Crippen LogP contribution in [0.4, 0.5) is 5.69 Å². The van der Waals surface area contributed by atoms with Crippen molar-refractivity contribution in [1.82, 2.24) is 15.2 Å². The van der Waals surface area contributed by atoms with Crippen LogP contribution in [0.1, 0.15) is 25.3 Å². The Morgan fingerprint density at radius 1 is 1.35 bits per heavy atom. The van der Waals surface area contributed by atoms with E-state index in [1.54, 1.807) is 0 Å². The number of hydrogen-bond acceptors (Lipinski definition) is 4. The largest absolute Gasteiger partial charge is 0.325 e. The summed E-state index contributed by atoms with van der Waals surface area (Å²) in [7, 11) is 0. The van der Waals surface area contributed by atoms with Gasteiger partial charge in [0.2, 0.25) is 5.91 Å². The fourth-order valence-corrected chi connectivity index (χ4v) is 2.31. The maximum atomic E-state index is 11.8. The fourth-order valence-electron chi connectivity index (χ4n) is 1.73. The standard InChI is InChI=1S/C14H18N4OS/c1-2-3-4-11-5-7-12(8-6-11)17-13(19)9-20-14-15-10-16-18-14/h5-8,10H,2-4,9H2,1H3,(H,17,19)(H,15,16,18). The quantitative estimate of drug-likeness (QED) is 0.769. The summed E-state index contributed by atoms with van der Waals surface area (Å²) in [5, 5.41) is 9.95. The van der Waals surface area contributed by atoms with Crippen molar-refractivity contribution >= 4 is 23.4 Å². The third-order valence-corrected chi connectivity index (χ3v) is 3.67. The van der Waals surface area contributed by atoms with Gasteiger partial charge in [0.1, 0.15) is 6.33 Å². The number of nitrogens with one attached hydrogen (secondary N) is 2. The molecule has 0 spiro atoms. The van der Waals surface area contributed by atoms with Gasteiger partial charge in [0.05, 0.1) is 5.75 Å². The molecule has 0 saturated heterocycles. The maximum Gasteiger partial charge on any atom is 0.234 e. The lowest BCUT2D eigenvalue weighted by Crippen LogP contribution is -2.14. The van der Waals surface area contributed by atoms with Gasteiger partial charge in [-0.3, -0.25) is 9.89 Å². The van der Waals surface area contributed by atoms with Crippen molar-refractivity contribution in [2.75, 3.05) is 11.1 Å². The maximum absolute atomic E-state index is 11.8. The molecule has 0 aliphatic rings. The molecule has 106 valence electrons. The molecule has 2 N–H and O–H groups in total. The van der Waals surface area contributed by atoms with Gasteiger partial charge < -0.3 is 5.32 Å². The van der Waals surface area contributed by atoms with Gasteiger partial charge in [-0.25, -0.2) is 4.98 Å². The Balaban J connectivity index is 1.78. The van der Waals surface area contributed by atoms with Crippen molar-refractivity contribution in [1.29, 1.82) is 0 Å². The first-order valence-corrected chi connectivity index (χ1v) is 7.63. The highest BCUT2D eigenvalue weighted by atomic mass is 32.2. The zero-order valence-electron chi connectivity index (χ0n) is 11.4. The van der Waals surface area contributed by atoms with Crippen LogP contribution < -0.4 is 5.32 Å². The molecule has 1 amide bonds. The number of unbranched alkanes of at least 4 members (excludes halogenated alkanes) is 1. The Morgan fingerprint density at radius 3 is 2.80 bits per heavy atom. The van der Waals surface area contributed by atoms with Gasteiger partial charge in [-0.05, 0) is 30.5 Å². The van der Waals surface area contributed by atoms with Crippen LogP contribution in [0.3, 0.4) is 0 Å². The minimum atomic E-state index is -0.0484. The molecule has 0 fully saturated rings. The van der Waals surface area contributed by atoms with E-state index in [0.717, 1.165) is 12.1 Å². The van der Waals surface area contributed by atoms with E-state index in [9.17, 15) is 4.79 Å². The zero-order chi connectivity index (χ0) is 14.2. The second kappa shape index (κ2) is 7.69. The summed E-state index contributed by atoms with van der Waals surface area (Å²) in [6.07, 6.45) is 4.90. The SMILES string of the molecule is CCCCc1ccc(NC(=O)CSc2ncn[nH]2)cc1. The third-order valence-electron chi connectivity index (χ3n) is 2.79. The average Bonchev–Trinajstić information content (AvgIpc) is 2.98. The van der Waals surface area contributed by atoms with Crippen LogP contribution in [-0.2, 0) is 11.2 Å². The molecule has 1 aromatic heterocycles. The van der Waals surface area contributed by atoms with Gasteiger partial charge in [-0.1, -0.05) is 37.2 Å². The number of carbonyl (C=O) groups is 1. The van der Waals surface area contributed by atoms with Gasteiger partial charge in [0.25, 0.3) is 0 Å². The van der Waals surface area contributed by atoms with E-state index in [0.29, 0.717) is 10.9 Å². The van der Waals surface area contributed by atoms with Crippen LogP contribution in [0.15, 0.2) is 35.7 Å². The minimum Gasteiger partial charge on any atom is -0.325 e. The fraction of sp³-hybridized carbons (Fsp3) is 0.357. The first kappa shape index (κ1) is 14.6. The van der Waals surface area contributed by atoms with Crippen molar-refractivity contribution in [3.05, 3.63) is 36.2 Å². The molecule has 2 aromatic rings. The van der Waals surface area contributed by atoms with Gasteiger partial charge >= 0.3 is 0 Å². The van der Waals surface area contributed by atoms with Gasteiger partial charge in [0, 0.05) is 5.69 Å². The Morgan fingerprint density at radius 2 is 2.15 bits per heavy atom. The Bertz CT molecular complexity index is 525. The summed E-state index contributed by atoms with van der Waals surface area (Å²) in [5.41, 5.74) is 2.13. The first-order valence-electron chi connectivity index (χ1n) is 6.65. The second-order valence-electron chi connectivity index (χ2n) is 4.43. The number of aromatic amines is 1. The number of hydrogen-bond donors (Lipinski definition) is 2. The highest BCUT2D eigenvalue weighted by molar-refractivity contribution is 7.99. The van der Waals surface area contributed by atoms with Crippen molar-refractivity contribution < 1.29 is 4.79 Å². The van der Waals surface area contributed by atoms with Gasteiger partial charge in [-0.2, -0.15) is 5.10 Å². The molecular formula is C14H18N4OS. The predicted octanol–water partition coefficient (Wildman–Crippen LogP) is 2.88. The van der Waals surface area contributed by atoms with Crippen LogP contribution in [0, 0.1) is 0 Å². The number of benzene rings is 1. The number of aryl methyl sites for hydroxylation is 1. The predicted molar refractivity (Wildman–Crippen MR) is 80.8 cm³/mol. The number of rotatable bonds is 7. The molecule has 0 aliphatic carbocycles. The van der Waals surface area contributed by atoms with Gasteiger partial charge in [-0.15, -0.1) is 0 Å². The highest BCUT2D eigenvalue weighted by Crippen LogP contribution is 2.14. The van der Waals surface area contributed by atoms with Crippen LogP contribution in [0.25, 0.3) is 0 Å². The summed E-state index contributed by atoms with van der Waals surface area (Å²) in [6, 6.07) is 8.02. The molecule has 1 heterocycles. The van der Waals surface area contributed by atoms with E-state index < -0.39 is 0 Å². The Kier molecular flexibility index (Phi) is 5.61. The topological polar surface area (TPSA) is 70.7 Å². The summed E-state index contributed by atoms with van der Waals surface area (Å²) < 4.78 is 0. The lowest BCUT2D eigenvalue weighted by molar-refractivity contribution is -0.113. The van der Waals surface area contributed by atoms with E-state index in [-0.39, 0.29) is 5.91 Å². The summed E-state index contributed by atoms with van der Waals surface area (Å²) in [6.45, 7) is 2.18. The van der Waals surface area contributed by atoms with Crippen LogP contribution in [0.5, 0.6) is 0 Å². The molecule has 6 heteroatoms. The van der Waals surface area contributed by atoms with E-state index in [2.05, 4.69) is 39.6 Å². The number of aromatic nitrogens is 3. The molecule has 20 heavy (non-hydrogen) atoms. The first-order chi connectivity index (χ1) is 9.78. The average molecular weight is 290 g/mol. The van der Waals surface area contributed by atoms with Crippen molar-refractivity contribution in [2.45, 2.75) is 31.3 Å². The Hall–Kier alpha value is -1.82. The van der Waals surface area contributed by atoms with Crippen LogP contribution >= 0.6 is 11.8 Å². The van der Waals surface area contributed by atoms with Crippen molar-refractivity contribution in [2.24, 2.45) is 0 Å². The zero-order valence-corrected chi connectivity index (χ0v) is 12.2. The van der Waals surface area contributed by atoms with Gasteiger partial charge in [0.15, 0.2) is 5.16 Å². The summed E-state index contributed by atoms with van der Waals surface area (Å²) >= 11 is 1.33. The molecule has 0 unspecified atom stereocenters. The third kappa shape index (κ3) is 4.70. The van der Waals surface area contributed by atoms with E-state index >= 15 is 0 Å². The summed E-state index contributed by atoms with van der Waals surface area (Å²) in [4.78, 5) is 15.7. The lowest BCUT2D eigenvalue weighted by Gasteiger charge is -2.05. The minimum absolute atomic E-state index is 0.0484. The lowest BCUT2D eigenvalue weighted by atomic mass is 10.1. The number of H-pyrrole nitrogens is 1. The van der Waals surface area contributed by atoms with Crippen molar-refractivity contribution in [3.8, 4) is 0 Å². The molecule has 5 nitrogen and oxygen atoms in total. The normalized spacial score (nSPS) is 10.4. The molecule has 0 atom stereocenters. The number of nitrogens with zero attached hydrogens (tertiary/aromatic N) is 2. The molecule has 0 saturated carbocycles. The highest BCUT2D eigenvalue weighted by Gasteiger charge is 2.05. The van der Waals surface area contributed by atoms with Crippen LogP contribution in [0.2, 0.25) is 0 Å². The molecule has 0 bridgehead atoms. The smallest absolute Gasteiger partial charge is 0.234 e. The second-order valence-corrected chi connectivity index (χ2v) is 5.39. The number of anilines is 1. The number of thioether (sulfide) groups is 1. The number of carbonyl (C=O) groups excluding carboxylic acids is 1. The van der Waals surface area contributed by atoms with E-state index in [4.69, 9.17) is 0 Å². The molecule has 2 rings (SSSR count). The summed E-state index contributed by atoms with van der Waals surface area (Å²) in [5.74, 6) is 0.264. The molecule has 0 aliphatic heterocycles. The molecular weight excluding hydrogens is 272 g/mol. The van der Waals surface area contributed by atoms with E-state index in [1.165, 1.54) is 36.5 Å². The molecule has 1 aromatic carbocycles. The van der Waals surface area contributed by atoms with Crippen LogP contribution in [-0.4, -0.2) is 26.8 Å². The number of amides is 1. The van der Waals surface area contributed by atoms with E-state index in [1.807, 2.05) is 12.1 Å². The molecule has 0 radical (unpaired) electrons. The monoisotopic (exact) mass is 290 g/mol. The van der Waals surface area contributed by atoms with Crippen molar-refractivity contribution in [3.63, 3.8) is 0 Å². The Labute approximate surface area is 122 Å².